The third-order valence-electron chi connectivity index (χ3n) is 2.97. The lowest BCUT2D eigenvalue weighted by atomic mass is 10.1. The lowest BCUT2D eigenvalue weighted by Crippen LogP contribution is -2.14. The molecule has 0 amide bonds. The molecule has 118 valence electrons. The highest BCUT2D eigenvalue weighted by Crippen LogP contribution is 2.28. The quantitative estimate of drug-likeness (QED) is 0.733. The molecule has 0 N–H and O–H groups in total. The van der Waals surface area contributed by atoms with E-state index in [1.807, 2.05) is 0 Å². The molecule has 0 bridgehead atoms. The Morgan fingerprint density at radius 1 is 1.10 bits per heavy atom. The number of carbonyl (C=O) groups excluding carboxylic acids is 1. The van der Waals surface area contributed by atoms with Gasteiger partial charge in [0.05, 0.1) is 15.5 Å². The van der Waals surface area contributed by atoms with E-state index in [1.54, 1.807) is 13.8 Å². The molecule has 0 saturated carbocycles. The molecule has 0 radical (unpaired) electrons. The first kappa shape index (κ1) is 18.1. The van der Waals surface area contributed by atoms with Crippen molar-refractivity contribution < 1.29 is 21.6 Å². The van der Waals surface area contributed by atoms with Crippen LogP contribution in [0.1, 0.15) is 36.2 Å². The van der Waals surface area contributed by atoms with Crippen LogP contribution in [-0.4, -0.2) is 34.1 Å². The largest absolute Gasteiger partial charge is 0.276 e. The monoisotopic (exact) mass is 352 g/mol. The third-order valence-corrected chi connectivity index (χ3v) is 6.39. The highest BCUT2D eigenvalue weighted by atomic mass is 35.5. The molecule has 0 fully saturated rings. The highest BCUT2D eigenvalue weighted by Gasteiger charge is 2.26. The van der Waals surface area contributed by atoms with Gasteiger partial charge in [0, 0.05) is 11.8 Å². The van der Waals surface area contributed by atoms with Crippen LogP contribution in [0.4, 0.5) is 0 Å². The van der Waals surface area contributed by atoms with Crippen molar-refractivity contribution in [2.45, 2.75) is 36.5 Å². The number of carbonyl (C=O) groups is 1. The second-order valence-corrected chi connectivity index (χ2v) is 9.08. The molecule has 0 aliphatic rings. The Morgan fingerprint density at radius 3 is 2.05 bits per heavy atom. The van der Waals surface area contributed by atoms with Crippen molar-refractivity contribution in [3.8, 4) is 0 Å². The van der Waals surface area contributed by atoms with Gasteiger partial charge in [-0.1, -0.05) is 13.8 Å². The lowest BCUT2D eigenvalue weighted by molar-refractivity contribution is 0.108. The molecule has 1 rings (SSSR count). The molecule has 0 aliphatic heterocycles. The van der Waals surface area contributed by atoms with E-state index < -0.39 is 24.9 Å². The zero-order valence-corrected chi connectivity index (χ0v) is 14.4. The SMILES string of the molecule is CCCS(=O)(=O)c1cc(CC)c(C(=O)Cl)cc1S(C)(=O)=O. The Labute approximate surface area is 130 Å². The first-order valence-electron chi connectivity index (χ1n) is 6.34. The number of hydrogen-bond donors (Lipinski definition) is 0. The van der Waals surface area contributed by atoms with Crippen LogP contribution in [0, 0.1) is 0 Å². The van der Waals surface area contributed by atoms with Crippen molar-refractivity contribution in [1.82, 2.24) is 0 Å². The molecular weight excluding hydrogens is 336 g/mol. The Balaban J connectivity index is 3.83. The summed E-state index contributed by atoms with van der Waals surface area (Å²) < 4.78 is 48.3. The molecular formula is C13H17ClO5S2. The van der Waals surface area contributed by atoms with Crippen LogP contribution in [0.15, 0.2) is 21.9 Å². The van der Waals surface area contributed by atoms with Crippen LogP contribution in [0.2, 0.25) is 0 Å². The Morgan fingerprint density at radius 2 is 1.67 bits per heavy atom. The van der Waals surface area contributed by atoms with Crippen molar-refractivity contribution >= 4 is 36.5 Å². The normalized spacial score (nSPS) is 12.4. The van der Waals surface area contributed by atoms with E-state index in [2.05, 4.69) is 0 Å². The minimum Gasteiger partial charge on any atom is -0.276 e. The zero-order chi connectivity index (χ0) is 16.4. The van der Waals surface area contributed by atoms with Gasteiger partial charge >= 0.3 is 0 Å². The van der Waals surface area contributed by atoms with Gasteiger partial charge in [0.15, 0.2) is 19.7 Å². The molecule has 0 atom stereocenters. The van der Waals surface area contributed by atoms with Crippen LogP contribution in [0.3, 0.4) is 0 Å². The van der Waals surface area contributed by atoms with Crippen LogP contribution in [-0.2, 0) is 26.1 Å². The number of sulfone groups is 2. The lowest BCUT2D eigenvalue weighted by Gasteiger charge is -2.13. The second-order valence-electron chi connectivity index (χ2n) is 4.67. The summed E-state index contributed by atoms with van der Waals surface area (Å²) in [6.45, 7) is 3.42. The fourth-order valence-corrected chi connectivity index (χ4v) is 5.20. The zero-order valence-electron chi connectivity index (χ0n) is 12.0. The van der Waals surface area contributed by atoms with Crippen molar-refractivity contribution in [2.24, 2.45) is 0 Å². The van der Waals surface area contributed by atoms with Gasteiger partial charge in [-0.15, -0.1) is 0 Å². The summed E-state index contributed by atoms with van der Waals surface area (Å²) in [5.41, 5.74) is 0.437. The van der Waals surface area contributed by atoms with Crippen LogP contribution >= 0.6 is 11.6 Å². The topological polar surface area (TPSA) is 85.3 Å². The van der Waals surface area contributed by atoms with E-state index in [0.29, 0.717) is 18.4 Å². The van der Waals surface area contributed by atoms with Crippen molar-refractivity contribution in [3.05, 3.63) is 23.3 Å². The summed E-state index contributed by atoms with van der Waals surface area (Å²) >= 11 is 5.45. The number of aryl methyl sites for hydroxylation is 1. The van der Waals surface area contributed by atoms with E-state index in [-0.39, 0.29) is 21.1 Å². The van der Waals surface area contributed by atoms with E-state index in [4.69, 9.17) is 11.6 Å². The predicted octanol–water partition coefficient (Wildman–Crippen LogP) is 2.22. The van der Waals surface area contributed by atoms with Gasteiger partial charge in [0.25, 0.3) is 5.24 Å². The van der Waals surface area contributed by atoms with Crippen LogP contribution in [0.25, 0.3) is 0 Å². The molecule has 0 aromatic heterocycles. The Kier molecular flexibility index (Phi) is 5.57. The fraction of sp³-hybridized carbons (Fsp3) is 0.462. The average molecular weight is 353 g/mol. The minimum absolute atomic E-state index is 0.0232. The molecule has 1 aromatic rings. The molecule has 0 heterocycles. The van der Waals surface area contributed by atoms with Gasteiger partial charge in [-0.2, -0.15) is 0 Å². The van der Waals surface area contributed by atoms with Gasteiger partial charge in [-0.05, 0) is 42.1 Å². The maximum Gasteiger partial charge on any atom is 0.252 e. The van der Waals surface area contributed by atoms with Crippen LogP contribution in [0.5, 0.6) is 0 Å². The van der Waals surface area contributed by atoms with Gasteiger partial charge in [0.1, 0.15) is 0 Å². The molecule has 21 heavy (non-hydrogen) atoms. The number of hydrogen-bond acceptors (Lipinski definition) is 5. The fourth-order valence-electron chi connectivity index (χ4n) is 1.99. The number of benzene rings is 1. The molecule has 0 saturated heterocycles. The molecule has 5 nitrogen and oxygen atoms in total. The summed E-state index contributed by atoms with van der Waals surface area (Å²) in [5, 5.41) is -0.809. The predicted molar refractivity (Wildman–Crippen MR) is 81.5 cm³/mol. The number of halogens is 1. The van der Waals surface area contributed by atoms with E-state index in [1.165, 1.54) is 6.07 Å². The summed E-state index contributed by atoms with van der Waals surface area (Å²) in [7, 11) is -7.54. The van der Waals surface area contributed by atoms with Crippen molar-refractivity contribution in [1.29, 1.82) is 0 Å². The minimum atomic E-state index is -3.81. The molecule has 8 heteroatoms. The molecule has 0 spiro atoms. The van der Waals surface area contributed by atoms with Gasteiger partial charge in [-0.3, -0.25) is 4.79 Å². The standard InChI is InChI=1S/C13H17ClO5S2/c1-4-6-21(18,19)12-7-9(5-2)10(13(14)15)8-11(12)20(3,16)17/h7-8H,4-6H2,1-3H3. The summed E-state index contributed by atoms with van der Waals surface area (Å²) in [4.78, 5) is 10.8. The average Bonchev–Trinajstić information content (AvgIpc) is 2.35. The van der Waals surface area contributed by atoms with Crippen molar-refractivity contribution in [2.75, 3.05) is 12.0 Å². The van der Waals surface area contributed by atoms with Gasteiger partial charge < -0.3 is 0 Å². The van der Waals surface area contributed by atoms with Gasteiger partial charge in [0.2, 0.25) is 0 Å². The van der Waals surface area contributed by atoms with Crippen LogP contribution < -0.4 is 0 Å². The maximum atomic E-state index is 12.3. The summed E-state index contributed by atoms with van der Waals surface area (Å²) in [6, 6.07) is 2.31. The Bertz CT molecular complexity index is 764. The smallest absolute Gasteiger partial charge is 0.252 e. The van der Waals surface area contributed by atoms with E-state index >= 15 is 0 Å². The Hall–Kier alpha value is -0.920. The maximum absolute atomic E-state index is 12.3. The summed E-state index contributed by atoms with van der Waals surface area (Å²) in [5.74, 6) is -0.160. The first-order valence-corrected chi connectivity index (χ1v) is 10.3. The van der Waals surface area contributed by atoms with E-state index in [9.17, 15) is 21.6 Å². The van der Waals surface area contributed by atoms with Crippen molar-refractivity contribution in [3.63, 3.8) is 0 Å². The van der Waals surface area contributed by atoms with Gasteiger partial charge in [-0.25, -0.2) is 16.8 Å². The molecule has 1 aromatic carbocycles. The molecule has 0 unspecified atom stereocenters. The summed E-state index contributed by atoms with van der Waals surface area (Å²) in [6.07, 6.45) is 1.64. The number of rotatable bonds is 6. The van der Waals surface area contributed by atoms with E-state index in [0.717, 1.165) is 12.3 Å². The molecule has 0 aliphatic carbocycles. The third kappa shape index (κ3) is 4.05. The highest BCUT2D eigenvalue weighted by molar-refractivity contribution is 7.94. The second kappa shape index (κ2) is 6.46. The first-order chi connectivity index (χ1) is 9.54.